The van der Waals surface area contributed by atoms with Crippen LogP contribution in [0.2, 0.25) is 0 Å². The van der Waals surface area contributed by atoms with Gasteiger partial charge in [-0.3, -0.25) is 14.5 Å². The SMILES string of the molecule is CC1CC(C(N)=O)C(NC(=O)C2CCC(N3CCNC3)NN2)CC1F. The number of carbonyl (C=O) groups excluding carboxylic acids is 2. The third-order valence-corrected chi connectivity index (χ3v) is 5.70. The maximum Gasteiger partial charge on any atom is 0.238 e. The minimum Gasteiger partial charge on any atom is -0.369 e. The number of hydrazine groups is 1. The molecular weight excluding hydrogens is 327 g/mol. The number of alkyl halides is 1. The van der Waals surface area contributed by atoms with Gasteiger partial charge < -0.3 is 16.4 Å². The van der Waals surface area contributed by atoms with Gasteiger partial charge in [-0.05, 0) is 31.6 Å². The largest absolute Gasteiger partial charge is 0.369 e. The molecule has 6 unspecified atom stereocenters. The van der Waals surface area contributed by atoms with Crippen LogP contribution in [0.25, 0.3) is 0 Å². The van der Waals surface area contributed by atoms with Crippen molar-refractivity contribution in [1.82, 2.24) is 26.4 Å². The van der Waals surface area contributed by atoms with Crippen LogP contribution in [0.4, 0.5) is 4.39 Å². The van der Waals surface area contributed by atoms with Crippen LogP contribution in [-0.2, 0) is 9.59 Å². The first-order valence-electron chi connectivity index (χ1n) is 9.15. The molecule has 2 saturated heterocycles. The van der Waals surface area contributed by atoms with Crippen LogP contribution in [0.1, 0.15) is 32.6 Å². The summed E-state index contributed by atoms with van der Waals surface area (Å²) in [6.45, 7) is 4.57. The summed E-state index contributed by atoms with van der Waals surface area (Å²) in [7, 11) is 0. The standard InChI is InChI=1S/C16H29FN6O2/c1-9-6-10(15(18)24)13(7-11(9)17)20-16(25)12-2-3-14(22-21-12)23-5-4-19-8-23/h9-14,19,21-22H,2-8H2,1H3,(H2,18,24)(H,20,25). The van der Waals surface area contributed by atoms with Gasteiger partial charge in [-0.15, -0.1) is 0 Å². The van der Waals surface area contributed by atoms with E-state index in [2.05, 4.69) is 26.4 Å². The monoisotopic (exact) mass is 356 g/mol. The lowest BCUT2D eigenvalue weighted by Crippen LogP contribution is -2.63. The Kier molecular flexibility index (Phi) is 5.88. The number of nitrogens with zero attached hydrogens (tertiary/aromatic N) is 1. The van der Waals surface area contributed by atoms with Crippen LogP contribution in [-0.4, -0.2) is 60.9 Å². The zero-order valence-corrected chi connectivity index (χ0v) is 14.6. The van der Waals surface area contributed by atoms with Gasteiger partial charge in [0.1, 0.15) is 12.2 Å². The summed E-state index contributed by atoms with van der Waals surface area (Å²) in [5.74, 6) is -1.40. The Balaban J connectivity index is 1.52. The lowest BCUT2D eigenvalue weighted by Gasteiger charge is -2.38. The Hall–Kier alpha value is -1.29. The topological polar surface area (TPSA) is 112 Å². The molecule has 3 aliphatic rings. The molecule has 1 saturated carbocycles. The van der Waals surface area contributed by atoms with Crippen LogP contribution >= 0.6 is 0 Å². The van der Waals surface area contributed by atoms with Gasteiger partial charge in [-0.1, -0.05) is 6.92 Å². The molecule has 9 heteroatoms. The van der Waals surface area contributed by atoms with Crippen molar-refractivity contribution in [3.8, 4) is 0 Å². The average molecular weight is 356 g/mol. The molecule has 25 heavy (non-hydrogen) atoms. The number of primary amides is 1. The highest BCUT2D eigenvalue weighted by molar-refractivity contribution is 5.84. The molecule has 0 aromatic rings. The fraction of sp³-hybridized carbons (Fsp3) is 0.875. The molecule has 142 valence electrons. The quantitative estimate of drug-likeness (QED) is 0.432. The van der Waals surface area contributed by atoms with Crippen molar-refractivity contribution in [1.29, 1.82) is 0 Å². The summed E-state index contributed by atoms with van der Waals surface area (Å²) in [5, 5.41) is 6.13. The highest BCUT2D eigenvalue weighted by Crippen LogP contribution is 2.31. The molecule has 0 spiro atoms. The highest BCUT2D eigenvalue weighted by atomic mass is 19.1. The summed E-state index contributed by atoms with van der Waals surface area (Å²) >= 11 is 0. The number of amides is 2. The van der Waals surface area contributed by atoms with Gasteiger partial charge in [0, 0.05) is 25.8 Å². The van der Waals surface area contributed by atoms with E-state index in [1.165, 1.54) is 0 Å². The molecule has 3 fully saturated rings. The van der Waals surface area contributed by atoms with Crippen LogP contribution in [0.15, 0.2) is 0 Å². The van der Waals surface area contributed by atoms with Crippen molar-refractivity contribution in [2.75, 3.05) is 19.8 Å². The van der Waals surface area contributed by atoms with Crippen molar-refractivity contribution < 1.29 is 14.0 Å². The van der Waals surface area contributed by atoms with Crippen molar-refractivity contribution in [2.24, 2.45) is 17.6 Å². The van der Waals surface area contributed by atoms with Crippen molar-refractivity contribution >= 4 is 11.8 Å². The minimum absolute atomic E-state index is 0.142. The molecule has 2 amide bonds. The first-order valence-corrected chi connectivity index (χ1v) is 9.15. The number of nitrogens with one attached hydrogen (secondary N) is 4. The molecule has 2 aliphatic heterocycles. The number of nitrogens with two attached hydrogens (primary N) is 1. The second-order valence-corrected chi connectivity index (χ2v) is 7.49. The maximum absolute atomic E-state index is 14.0. The van der Waals surface area contributed by atoms with Gasteiger partial charge >= 0.3 is 0 Å². The fourth-order valence-electron chi connectivity index (χ4n) is 4.04. The van der Waals surface area contributed by atoms with E-state index in [1.54, 1.807) is 6.92 Å². The summed E-state index contributed by atoms with van der Waals surface area (Å²) < 4.78 is 14.0. The Morgan fingerprint density at radius 3 is 2.64 bits per heavy atom. The number of hydrogen-bond donors (Lipinski definition) is 5. The van der Waals surface area contributed by atoms with E-state index in [4.69, 9.17) is 5.73 Å². The fourth-order valence-corrected chi connectivity index (χ4v) is 4.04. The summed E-state index contributed by atoms with van der Waals surface area (Å²) in [6, 6.07) is -0.920. The average Bonchev–Trinajstić information content (AvgIpc) is 3.12. The summed E-state index contributed by atoms with van der Waals surface area (Å²) in [6.07, 6.45) is 1.22. The van der Waals surface area contributed by atoms with Gasteiger partial charge in [0.25, 0.3) is 0 Å². The molecule has 0 aromatic heterocycles. The van der Waals surface area contributed by atoms with Crippen LogP contribution in [0, 0.1) is 11.8 Å². The van der Waals surface area contributed by atoms with Gasteiger partial charge in [-0.2, -0.15) is 0 Å². The second kappa shape index (κ2) is 7.94. The third-order valence-electron chi connectivity index (χ3n) is 5.70. The van der Waals surface area contributed by atoms with E-state index in [0.717, 1.165) is 26.2 Å². The summed E-state index contributed by atoms with van der Waals surface area (Å²) in [4.78, 5) is 26.5. The van der Waals surface area contributed by atoms with E-state index in [1.807, 2.05) is 0 Å². The van der Waals surface area contributed by atoms with Gasteiger partial charge in [0.05, 0.1) is 12.1 Å². The predicted molar refractivity (Wildman–Crippen MR) is 90.6 cm³/mol. The first kappa shape index (κ1) is 18.5. The van der Waals surface area contributed by atoms with Gasteiger partial charge in [-0.25, -0.2) is 15.2 Å². The zero-order chi connectivity index (χ0) is 18.0. The number of carbonyl (C=O) groups is 2. The van der Waals surface area contributed by atoms with Crippen LogP contribution in [0.5, 0.6) is 0 Å². The van der Waals surface area contributed by atoms with E-state index in [0.29, 0.717) is 12.8 Å². The molecule has 1 aliphatic carbocycles. The maximum atomic E-state index is 14.0. The molecule has 6 N–H and O–H groups in total. The van der Waals surface area contributed by atoms with Crippen LogP contribution in [0.3, 0.4) is 0 Å². The number of rotatable bonds is 4. The molecule has 6 atom stereocenters. The molecule has 0 bridgehead atoms. The Bertz CT molecular complexity index is 493. The van der Waals surface area contributed by atoms with Crippen molar-refractivity contribution in [2.45, 2.75) is 57.0 Å². The molecular formula is C16H29FN6O2. The van der Waals surface area contributed by atoms with Gasteiger partial charge in [0.2, 0.25) is 11.8 Å². The van der Waals surface area contributed by atoms with E-state index in [9.17, 15) is 14.0 Å². The number of hydrogen-bond acceptors (Lipinski definition) is 6. The van der Waals surface area contributed by atoms with E-state index in [-0.39, 0.29) is 24.4 Å². The van der Waals surface area contributed by atoms with Crippen LogP contribution < -0.4 is 27.2 Å². The minimum atomic E-state index is -1.02. The Labute approximate surface area is 147 Å². The van der Waals surface area contributed by atoms with E-state index < -0.39 is 30.1 Å². The summed E-state index contributed by atoms with van der Waals surface area (Å²) in [5.41, 5.74) is 11.7. The first-order chi connectivity index (χ1) is 12.0. The second-order valence-electron chi connectivity index (χ2n) is 7.49. The lowest BCUT2D eigenvalue weighted by atomic mass is 9.77. The third kappa shape index (κ3) is 4.28. The van der Waals surface area contributed by atoms with E-state index >= 15 is 0 Å². The number of halogens is 1. The van der Waals surface area contributed by atoms with Gasteiger partial charge in [0.15, 0.2) is 0 Å². The molecule has 0 radical (unpaired) electrons. The highest BCUT2D eigenvalue weighted by Gasteiger charge is 2.40. The predicted octanol–water partition coefficient (Wildman–Crippen LogP) is -1.21. The van der Waals surface area contributed by atoms with Crippen molar-refractivity contribution in [3.63, 3.8) is 0 Å². The molecule has 8 nitrogen and oxygen atoms in total. The molecule has 3 rings (SSSR count). The normalized spacial score (nSPS) is 39.9. The zero-order valence-electron chi connectivity index (χ0n) is 14.6. The lowest BCUT2D eigenvalue weighted by molar-refractivity contribution is -0.129. The molecule has 2 heterocycles. The molecule has 0 aromatic carbocycles. The smallest absolute Gasteiger partial charge is 0.238 e. The van der Waals surface area contributed by atoms with Crippen molar-refractivity contribution in [3.05, 3.63) is 0 Å². The Morgan fingerprint density at radius 1 is 1.24 bits per heavy atom. The Morgan fingerprint density at radius 2 is 2.04 bits per heavy atom.